The maximum Gasteiger partial charge on any atom is 0.122 e. The molecule has 112 valence electrons. The summed E-state index contributed by atoms with van der Waals surface area (Å²) >= 11 is 0. The summed E-state index contributed by atoms with van der Waals surface area (Å²) in [5, 5.41) is 0. The van der Waals surface area contributed by atoms with Crippen LogP contribution in [0.5, 0.6) is 5.75 Å². The molecule has 0 radical (unpaired) electrons. The third kappa shape index (κ3) is 3.17. The van der Waals surface area contributed by atoms with E-state index in [-0.39, 0.29) is 0 Å². The van der Waals surface area contributed by atoms with Gasteiger partial charge in [0.05, 0.1) is 7.11 Å². The number of benzene rings is 1. The van der Waals surface area contributed by atoms with E-state index in [1.165, 1.54) is 42.4 Å². The van der Waals surface area contributed by atoms with Gasteiger partial charge in [0.2, 0.25) is 0 Å². The molecule has 1 aliphatic rings. The monoisotopic (exact) mass is 275 g/mol. The molecule has 0 bridgehead atoms. The highest BCUT2D eigenvalue weighted by Crippen LogP contribution is 2.41. The molecule has 0 aliphatic heterocycles. The van der Waals surface area contributed by atoms with Crippen molar-refractivity contribution in [3.05, 3.63) is 28.8 Å². The van der Waals surface area contributed by atoms with Gasteiger partial charge in [-0.3, -0.25) is 0 Å². The molecule has 2 N–H and O–H groups in total. The van der Waals surface area contributed by atoms with Crippen LogP contribution >= 0.6 is 0 Å². The highest BCUT2D eigenvalue weighted by molar-refractivity contribution is 5.44. The van der Waals surface area contributed by atoms with Gasteiger partial charge in [0.15, 0.2) is 0 Å². The van der Waals surface area contributed by atoms with Crippen molar-refractivity contribution in [2.24, 2.45) is 17.6 Å². The van der Waals surface area contributed by atoms with Gasteiger partial charge < -0.3 is 10.5 Å². The molecular weight excluding hydrogens is 246 g/mol. The standard InChI is InChI=1S/C18H29NO/c1-12-6-5-7-15(8-12)17(11-19)16-9-13(2)14(3)10-18(16)20-4/h9-10,12,15,17H,5-8,11,19H2,1-4H3. The quantitative estimate of drug-likeness (QED) is 0.894. The highest BCUT2D eigenvalue weighted by Gasteiger charge is 2.29. The normalized spacial score (nSPS) is 24.4. The molecule has 3 atom stereocenters. The molecule has 0 saturated heterocycles. The molecule has 0 aromatic heterocycles. The van der Waals surface area contributed by atoms with Crippen LogP contribution < -0.4 is 10.5 Å². The minimum Gasteiger partial charge on any atom is -0.496 e. The van der Waals surface area contributed by atoms with Gasteiger partial charge in [-0.2, -0.15) is 0 Å². The zero-order valence-corrected chi connectivity index (χ0v) is 13.4. The molecule has 2 nitrogen and oxygen atoms in total. The van der Waals surface area contributed by atoms with Crippen molar-refractivity contribution < 1.29 is 4.74 Å². The van der Waals surface area contributed by atoms with E-state index >= 15 is 0 Å². The Kier molecular flexibility index (Phi) is 5.09. The maximum atomic E-state index is 6.14. The largest absolute Gasteiger partial charge is 0.496 e. The van der Waals surface area contributed by atoms with Crippen molar-refractivity contribution in [1.29, 1.82) is 0 Å². The van der Waals surface area contributed by atoms with Crippen LogP contribution in [0.1, 0.15) is 55.2 Å². The van der Waals surface area contributed by atoms with E-state index in [9.17, 15) is 0 Å². The topological polar surface area (TPSA) is 35.2 Å². The maximum absolute atomic E-state index is 6.14. The Morgan fingerprint density at radius 3 is 2.55 bits per heavy atom. The molecule has 0 amide bonds. The molecule has 1 fully saturated rings. The van der Waals surface area contributed by atoms with Gasteiger partial charge in [-0.1, -0.05) is 25.8 Å². The SMILES string of the molecule is COc1cc(C)c(C)cc1C(CN)C1CCCC(C)C1. The number of nitrogens with two attached hydrogens (primary N) is 1. The molecule has 1 aromatic rings. The number of aryl methyl sites for hydroxylation is 2. The number of ether oxygens (including phenoxy) is 1. The predicted molar refractivity (Wildman–Crippen MR) is 85.4 cm³/mol. The molecule has 20 heavy (non-hydrogen) atoms. The van der Waals surface area contributed by atoms with E-state index in [1.54, 1.807) is 7.11 Å². The van der Waals surface area contributed by atoms with Crippen LogP contribution in [0.15, 0.2) is 12.1 Å². The Labute approximate surface area is 123 Å². The van der Waals surface area contributed by atoms with Gasteiger partial charge in [-0.25, -0.2) is 0 Å². The second-order valence-electron chi connectivity index (χ2n) is 6.55. The molecule has 0 heterocycles. The summed E-state index contributed by atoms with van der Waals surface area (Å²) < 4.78 is 5.63. The van der Waals surface area contributed by atoms with Crippen molar-refractivity contribution in [2.75, 3.05) is 13.7 Å². The lowest BCUT2D eigenvalue weighted by Crippen LogP contribution is -2.26. The summed E-state index contributed by atoms with van der Waals surface area (Å²) in [6.45, 7) is 7.41. The van der Waals surface area contributed by atoms with Crippen molar-refractivity contribution >= 4 is 0 Å². The van der Waals surface area contributed by atoms with Crippen LogP contribution in [0.25, 0.3) is 0 Å². The van der Waals surface area contributed by atoms with Gasteiger partial charge in [-0.15, -0.1) is 0 Å². The molecule has 2 rings (SSSR count). The summed E-state index contributed by atoms with van der Waals surface area (Å²) in [4.78, 5) is 0. The van der Waals surface area contributed by atoms with Crippen molar-refractivity contribution in [3.63, 3.8) is 0 Å². The van der Waals surface area contributed by atoms with E-state index in [0.717, 1.165) is 18.2 Å². The van der Waals surface area contributed by atoms with E-state index in [0.29, 0.717) is 11.8 Å². The third-order valence-electron chi connectivity index (χ3n) is 5.05. The Morgan fingerprint density at radius 2 is 1.95 bits per heavy atom. The Morgan fingerprint density at radius 1 is 1.25 bits per heavy atom. The number of methoxy groups -OCH3 is 1. The second-order valence-corrected chi connectivity index (χ2v) is 6.55. The molecule has 1 aliphatic carbocycles. The average molecular weight is 275 g/mol. The van der Waals surface area contributed by atoms with Crippen molar-refractivity contribution in [1.82, 2.24) is 0 Å². The van der Waals surface area contributed by atoms with Crippen LogP contribution in [0.3, 0.4) is 0 Å². The first-order chi connectivity index (χ1) is 9.56. The zero-order chi connectivity index (χ0) is 14.7. The number of rotatable bonds is 4. The van der Waals surface area contributed by atoms with Crippen LogP contribution in [-0.2, 0) is 0 Å². The van der Waals surface area contributed by atoms with Crippen LogP contribution in [0, 0.1) is 25.7 Å². The lowest BCUT2D eigenvalue weighted by molar-refractivity contribution is 0.245. The summed E-state index contributed by atoms with van der Waals surface area (Å²) in [5.74, 6) is 2.99. The van der Waals surface area contributed by atoms with Gasteiger partial charge in [0.25, 0.3) is 0 Å². The number of hydrogen-bond donors (Lipinski definition) is 1. The summed E-state index contributed by atoms with van der Waals surface area (Å²) in [6.07, 6.45) is 5.33. The molecule has 3 unspecified atom stereocenters. The third-order valence-corrected chi connectivity index (χ3v) is 5.05. The van der Waals surface area contributed by atoms with Gasteiger partial charge in [-0.05, 0) is 67.8 Å². The first-order valence-electron chi connectivity index (χ1n) is 7.92. The molecule has 1 aromatic carbocycles. The Balaban J connectivity index is 2.33. The van der Waals surface area contributed by atoms with E-state index in [4.69, 9.17) is 10.5 Å². The van der Waals surface area contributed by atoms with E-state index in [1.807, 2.05) is 0 Å². The first kappa shape index (κ1) is 15.4. The zero-order valence-electron chi connectivity index (χ0n) is 13.4. The fraction of sp³-hybridized carbons (Fsp3) is 0.667. The van der Waals surface area contributed by atoms with Crippen LogP contribution in [0.2, 0.25) is 0 Å². The second kappa shape index (κ2) is 6.62. The van der Waals surface area contributed by atoms with Gasteiger partial charge >= 0.3 is 0 Å². The van der Waals surface area contributed by atoms with E-state index < -0.39 is 0 Å². The van der Waals surface area contributed by atoms with Crippen LogP contribution in [0.4, 0.5) is 0 Å². The van der Waals surface area contributed by atoms with Crippen LogP contribution in [-0.4, -0.2) is 13.7 Å². The smallest absolute Gasteiger partial charge is 0.122 e. The van der Waals surface area contributed by atoms with Crippen molar-refractivity contribution in [3.8, 4) is 5.75 Å². The lowest BCUT2D eigenvalue weighted by Gasteiger charge is -2.34. The fourth-order valence-corrected chi connectivity index (χ4v) is 3.70. The number of hydrogen-bond acceptors (Lipinski definition) is 2. The van der Waals surface area contributed by atoms with E-state index in [2.05, 4.69) is 32.9 Å². The molecule has 0 spiro atoms. The highest BCUT2D eigenvalue weighted by atomic mass is 16.5. The minimum atomic E-state index is 0.437. The fourth-order valence-electron chi connectivity index (χ4n) is 3.70. The summed E-state index contributed by atoms with van der Waals surface area (Å²) in [6, 6.07) is 4.46. The molecular formula is C18H29NO. The Hall–Kier alpha value is -1.02. The first-order valence-corrected chi connectivity index (χ1v) is 7.92. The molecule has 1 saturated carbocycles. The molecule has 2 heteroatoms. The predicted octanol–water partition coefficient (Wildman–Crippen LogP) is 4.18. The lowest BCUT2D eigenvalue weighted by atomic mass is 9.73. The Bertz CT molecular complexity index is 455. The summed E-state index contributed by atoms with van der Waals surface area (Å²) in [5.41, 5.74) is 10.1. The minimum absolute atomic E-state index is 0.437. The average Bonchev–Trinajstić information content (AvgIpc) is 2.43. The van der Waals surface area contributed by atoms with Gasteiger partial charge in [0.1, 0.15) is 5.75 Å². The summed E-state index contributed by atoms with van der Waals surface area (Å²) in [7, 11) is 1.77. The van der Waals surface area contributed by atoms with Gasteiger partial charge in [0, 0.05) is 5.92 Å². The van der Waals surface area contributed by atoms with Crippen molar-refractivity contribution in [2.45, 2.75) is 52.4 Å².